The maximum Gasteiger partial charge on any atom is 0.407 e. The molecule has 178 valence electrons. The second-order valence-electron chi connectivity index (χ2n) is 9.28. The maximum absolute atomic E-state index is 12.0. The second-order valence-corrected chi connectivity index (χ2v) is 9.28. The largest absolute Gasteiger partial charge is 0.489 e. The SMILES string of the molecule is COC(=O)c1ccc(COc2ccccc2CN2CCC(NC(=O)OC(C)(C)C)CC2)cc1. The third kappa shape index (κ3) is 7.79. The average Bonchev–Trinajstić information content (AvgIpc) is 2.78. The summed E-state index contributed by atoms with van der Waals surface area (Å²) >= 11 is 0. The molecule has 0 aliphatic carbocycles. The molecule has 1 amide bonds. The van der Waals surface area contributed by atoms with Gasteiger partial charge in [-0.3, -0.25) is 4.90 Å². The van der Waals surface area contributed by atoms with Gasteiger partial charge < -0.3 is 19.5 Å². The van der Waals surface area contributed by atoms with Gasteiger partial charge in [-0.05, 0) is 57.4 Å². The molecular weight excluding hydrogens is 420 g/mol. The van der Waals surface area contributed by atoms with Crippen LogP contribution in [0.15, 0.2) is 48.5 Å². The fourth-order valence-electron chi connectivity index (χ4n) is 3.74. The van der Waals surface area contributed by atoms with Gasteiger partial charge in [0.1, 0.15) is 18.0 Å². The Morgan fingerprint density at radius 3 is 2.33 bits per heavy atom. The molecule has 33 heavy (non-hydrogen) atoms. The lowest BCUT2D eigenvalue weighted by atomic mass is 10.0. The van der Waals surface area contributed by atoms with Crippen LogP contribution in [0.4, 0.5) is 4.79 Å². The molecule has 1 saturated heterocycles. The number of carbonyl (C=O) groups is 2. The van der Waals surface area contributed by atoms with E-state index in [4.69, 9.17) is 14.2 Å². The van der Waals surface area contributed by atoms with Gasteiger partial charge in [-0.2, -0.15) is 0 Å². The summed E-state index contributed by atoms with van der Waals surface area (Å²) in [5, 5.41) is 2.98. The number of piperidine rings is 1. The van der Waals surface area contributed by atoms with Crippen molar-refractivity contribution in [3.05, 3.63) is 65.2 Å². The Balaban J connectivity index is 1.50. The highest BCUT2D eigenvalue weighted by Crippen LogP contribution is 2.23. The number of alkyl carbamates (subject to hydrolysis) is 1. The number of nitrogens with zero attached hydrogens (tertiary/aromatic N) is 1. The molecule has 0 atom stereocenters. The first-order valence-electron chi connectivity index (χ1n) is 11.3. The number of rotatable bonds is 7. The lowest BCUT2D eigenvalue weighted by molar-refractivity contribution is 0.0476. The van der Waals surface area contributed by atoms with Gasteiger partial charge in [-0.25, -0.2) is 9.59 Å². The highest BCUT2D eigenvalue weighted by atomic mass is 16.6. The highest BCUT2D eigenvalue weighted by Gasteiger charge is 2.24. The zero-order valence-electron chi connectivity index (χ0n) is 19.9. The monoisotopic (exact) mass is 454 g/mol. The van der Waals surface area contributed by atoms with Crippen molar-refractivity contribution in [1.82, 2.24) is 10.2 Å². The quantitative estimate of drug-likeness (QED) is 0.619. The van der Waals surface area contributed by atoms with Gasteiger partial charge in [0.2, 0.25) is 0 Å². The molecule has 0 radical (unpaired) electrons. The van der Waals surface area contributed by atoms with E-state index in [0.717, 1.165) is 49.4 Å². The van der Waals surface area contributed by atoms with Crippen molar-refractivity contribution < 1.29 is 23.8 Å². The van der Waals surface area contributed by atoms with Crippen molar-refractivity contribution in [2.45, 2.75) is 58.4 Å². The molecule has 1 N–H and O–H groups in total. The number of hydrogen-bond acceptors (Lipinski definition) is 6. The van der Waals surface area contributed by atoms with E-state index in [1.54, 1.807) is 12.1 Å². The van der Waals surface area contributed by atoms with Crippen molar-refractivity contribution in [2.75, 3.05) is 20.2 Å². The summed E-state index contributed by atoms with van der Waals surface area (Å²) < 4.78 is 16.2. The van der Waals surface area contributed by atoms with E-state index in [9.17, 15) is 9.59 Å². The summed E-state index contributed by atoms with van der Waals surface area (Å²) in [6.45, 7) is 8.59. The van der Waals surface area contributed by atoms with Crippen LogP contribution in [0.3, 0.4) is 0 Å². The average molecular weight is 455 g/mol. The maximum atomic E-state index is 12.0. The fourth-order valence-corrected chi connectivity index (χ4v) is 3.74. The number of nitrogens with one attached hydrogen (secondary N) is 1. The first-order valence-corrected chi connectivity index (χ1v) is 11.3. The van der Waals surface area contributed by atoms with Gasteiger partial charge in [0.25, 0.3) is 0 Å². The summed E-state index contributed by atoms with van der Waals surface area (Å²) in [6.07, 6.45) is 1.42. The molecule has 0 aromatic heterocycles. The van der Waals surface area contributed by atoms with Crippen LogP contribution in [-0.2, 0) is 22.6 Å². The Hall–Kier alpha value is -3.06. The molecule has 3 rings (SSSR count). The van der Waals surface area contributed by atoms with E-state index in [-0.39, 0.29) is 18.1 Å². The van der Waals surface area contributed by atoms with Gasteiger partial charge >= 0.3 is 12.1 Å². The van der Waals surface area contributed by atoms with E-state index in [2.05, 4.69) is 16.3 Å². The van der Waals surface area contributed by atoms with Gasteiger partial charge in [0, 0.05) is 31.2 Å². The molecule has 0 saturated carbocycles. The standard InChI is InChI=1S/C26H34N2O5/c1-26(2,3)33-25(30)27-22-13-15-28(16-14-22)17-21-7-5-6-8-23(21)32-18-19-9-11-20(12-10-19)24(29)31-4/h5-12,22H,13-18H2,1-4H3,(H,27,30). The van der Waals surface area contributed by atoms with Crippen molar-refractivity contribution >= 4 is 12.1 Å². The van der Waals surface area contributed by atoms with Crippen LogP contribution >= 0.6 is 0 Å². The lowest BCUT2D eigenvalue weighted by Crippen LogP contribution is -2.45. The first kappa shape index (κ1) is 24.6. The number of likely N-dealkylation sites (tertiary alicyclic amines) is 1. The van der Waals surface area contributed by atoms with E-state index < -0.39 is 5.60 Å². The van der Waals surface area contributed by atoms with Crippen LogP contribution in [0.25, 0.3) is 0 Å². The number of amides is 1. The van der Waals surface area contributed by atoms with Crippen LogP contribution in [0.5, 0.6) is 5.75 Å². The van der Waals surface area contributed by atoms with Crippen molar-refractivity contribution in [3.63, 3.8) is 0 Å². The molecule has 1 aliphatic heterocycles. The Bertz CT molecular complexity index is 928. The molecule has 2 aromatic rings. The molecular formula is C26H34N2O5. The van der Waals surface area contributed by atoms with Crippen LogP contribution < -0.4 is 10.1 Å². The summed E-state index contributed by atoms with van der Waals surface area (Å²) in [5.74, 6) is 0.501. The topological polar surface area (TPSA) is 77.1 Å². The molecule has 1 fully saturated rings. The molecule has 1 aliphatic rings. The molecule has 1 heterocycles. The number of esters is 1. The van der Waals surface area contributed by atoms with Gasteiger partial charge in [-0.15, -0.1) is 0 Å². The summed E-state index contributed by atoms with van der Waals surface area (Å²) in [4.78, 5) is 26.0. The summed E-state index contributed by atoms with van der Waals surface area (Å²) in [5.41, 5.74) is 2.14. The van der Waals surface area contributed by atoms with Crippen molar-refractivity contribution in [1.29, 1.82) is 0 Å². The van der Waals surface area contributed by atoms with E-state index in [1.165, 1.54) is 7.11 Å². The molecule has 2 aromatic carbocycles. The first-order chi connectivity index (χ1) is 15.7. The number of ether oxygens (including phenoxy) is 3. The van der Waals surface area contributed by atoms with Crippen LogP contribution in [0.2, 0.25) is 0 Å². The molecule has 7 heteroatoms. The van der Waals surface area contributed by atoms with E-state index in [1.807, 2.05) is 51.1 Å². The van der Waals surface area contributed by atoms with Gasteiger partial charge in [0.15, 0.2) is 0 Å². The zero-order chi connectivity index (χ0) is 23.8. The minimum Gasteiger partial charge on any atom is -0.489 e. The number of carbonyl (C=O) groups excluding carboxylic acids is 2. The minimum absolute atomic E-state index is 0.135. The fraction of sp³-hybridized carbons (Fsp3) is 0.462. The Morgan fingerprint density at radius 2 is 1.70 bits per heavy atom. The second kappa shape index (κ2) is 11.2. The van der Waals surface area contributed by atoms with Crippen molar-refractivity contribution in [2.24, 2.45) is 0 Å². The lowest BCUT2D eigenvalue weighted by Gasteiger charge is -2.33. The normalized spacial score (nSPS) is 15.0. The third-order valence-corrected chi connectivity index (χ3v) is 5.44. The predicted molar refractivity (Wildman–Crippen MR) is 126 cm³/mol. The third-order valence-electron chi connectivity index (χ3n) is 5.44. The molecule has 7 nitrogen and oxygen atoms in total. The smallest absolute Gasteiger partial charge is 0.407 e. The summed E-state index contributed by atoms with van der Waals surface area (Å²) in [7, 11) is 1.37. The number of para-hydroxylation sites is 1. The van der Waals surface area contributed by atoms with Gasteiger partial charge in [0.05, 0.1) is 12.7 Å². The highest BCUT2D eigenvalue weighted by molar-refractivity contribution is 5.89. The number of hydrogen-bond donors (Lipinski definition) is 1. The Morgan fingerprint density at radius 1 is 1.03 bits per heavy atom. The van der Waals surface area contributed by atoms with Gasteiger partial charge in [-0.1, -0.05) is 30.3 Å². The van der Waals surface area contributed by atoms with E-state index >= 15 is 0 Å². The van der Waals surface area contributed by atoms with Crippen molar-refractivity contribution in [3.8, 4) is 5.75 Å². The Kier molecular flexibility index (Phi) is 8.33. The number of methoxy groups -OCH3 is 1. The minimum atomic E-state index is -0.488. The number of benzene rings is 2. The van der Waals surface area contributed by atoms with Crippen LogP contribution in [0.1, 0.15) is 55.1 Å². The Labute approximate surface area is 196 Å². The molecule has 0 bridgehead atoms. The van der Waals surface area contributed by atoms with E-state index in [0.29, 0.717) is 12.2 Å². The predicted octanol–water partition coefficient (Wildman–Crippen LogP) is 4.54. The van der Waals surface area contributed by atoms with Crippen LogP contribution in [0, 0.1) is 0 Å². The molecule has 0 unspecified atom stereocenters. The zero-order valence-corrected chi connectivity index (χ0v) is 19.9. The summed E-state index contributed by atoms with van der Waals surface area (Å²) in [6, 6.07) is 15.4. The van der Waals surface area contributed by atoms with Crippen LogP contribution in [-0.4, -0.2) is 48.8 Å². The molecule has 0 spiro atoms.